The molecule has 8 atom stereocenters. The lowest BCUT2D eigenvalue weighted by Crippen LogP contribution is -2.63. The third-order valence-electron chi connectivity index (χ3n) is 36.2. The van der Waals surface area contributed by atoms with E-state index < -0.39 is 35.1 Å². The van der Waals surface area contributed by atoms with E-state index in [1.807, 2.05) is 118 Å². The van der Waals surface area contributed by atoms with Crippen molar-refractivity contribution in [3.05, 3.63) is 0 Å². The van der Waals surface area contributed by atoms with Crippen LogP contribution in [0.15, 0.2) is 0 Å². The molecular weight excluding hydrogens is 1690 g/mol. The summed E-state index contributed by atoms with van der Waals surface area (Å²) >= 11 is 0. The molecule has 17 aliphatic rings. The van der Waals surface area contributed by atoms with Crippen molar-refractivity contribution in [3.63, 3.8) is 0 Å². The van der Waals surface area contributed by atoms with Gasteiger partial charge in [0.15, 0.2) is 0 Å². The minimum atomic E-state index is -0.433. The van der Waals surface area contributed by atoms with Crippen LogP contribution in [0.4, 0.5) is 0 Å². The average Bonchev–Trinajstić information content (AvgIpc) is 1.04. The van der Waals surface area contributed by atoms with Crippen LogP contribution in [-0.2, 0) is 71.4 Å². The Morgan fingerprint density at radius 2 is 0.588 bits per heavy atom. The predicted molar refractivity (Wildman–Crippen MR) is 579 cm³/mol. The van der Waals surface area contributed by atoms with Crippen molar-refractivity contribution in [3.8, 4) is 0 Å². The highest BCUT2D eigenvalue weighted by atomic mass is 16.7. The molecule has 15 nitrogen and oxygen atoms in total. The summed E-state index contributed by atoms with van der Waals surface area (Å²) in [4.78, 5) is 74.5. The summed E-state index contributed by atoms with van der Waals surface area (Å²) in [6.45, 7) is 62.4. The zero-order chi connectivity index (χ0) is 92.0. The summed E-state index contributed by atoms with van der Waals surface area (Å²) in [7, 11) is 0. The lowest BCUT2D eigenvalue weighted by Gasteiger charge is -2.62. The molecule has 17 rings (SSSR count). The quantitative estimate of drug-likeness (QED) is 0.0362. The highest BCUT2D eigenvalue weighted by Crippen LogP contribution is 2.65. The molecular formula is C121H238O15. The van der Waals surface area contributed by atoms with Crippen molar-refractivity contribution in [1.29, 1.82) is 0 Å². The SMILES string of the molecule is C.C.C.C.C.C.C.C.C.C.C.C.CCC(C)(C)C(=O)OC(OC1C2CC3CC(C2)CC1C3)C(C)C.CCC(C)(C)C(=O)OC(OC1CC2CC1C1CCCC21)C(C)C.CCC(C)(C)C(=O)OC(OCC12CC3CC(CC(C3)C1)C2)C(C)C.CCC(C)(C)C(=O)OC1(C(C)C)C2CC3CC(C2)CC1C3.CCC(C)(C)C(=O)OC1(C(C)C)CCCC1.CCC(C)(C)C(=O)OC1(C(C)C)CCCCC1. The van der Waals surface area contributed by atoms with Crippen molar-refractivity contribution in [2.45, 2.75) is 576 Å². The monoisotopic (exact) mass is 1930 g/mol. The summed E-state index contributed by atoms with van der Waals surface area (Å²) in [6.07, 6.45) is 43.0. The first-order chi connectivity index (χ1) is 57.8. The number of ether oxygens (including phenoxy) is 9. The molecule has 0 aliphatic heterocycles. The zero-order valence-corrected chi connectivity index (χ0v) is 85.3. The van der Waals surface area contributed by atoms with Crippen LogP contribution in [0, 0.1) is 162 Å². The van der Waals surface area contributed by atoms with Crippen molar-refractivity contribution >= 4 is 35.8 Å². The highest BCUT2D eigenvalue weighted by molar-refractivity contribution is 5.78. The Labute approximate surface area is 847 Å². The number of fused-ring (bicyclic) bond motifs is 5. The first kappa shape index (κ1) is 139. The van der Waals surface area contributed by atoms with Gasteiger partial charge in [-0.25, -0.2) is 0 Å². The number of carbonyl (C=O) groups is 6. The van der Waals surface area contributed by atoms with Gasteiger partial charge in [-0.15, -0.1) is 0 Å². The minimum absolute atomic E-state index is 0. The Balaban J connectivity index is -0.000000760. The van der Waals surface area contributed by atoms with Gasteiger partial charge in [-0.1, -0.05) is 227 Å². The maximum absolute atomic E-state index is 12.8. The Kier molecular flexibility index (Phi) is 58.2. The standard InChI is InChI=1S/C21H36O3.2C20H34O3.C19H32O2.C15H28O2.C14H26O2.12CH4/c1-6-20(4,5)19(22)24-18(14(2)3)23-13-21-10-15-7-16(11-21)9-17(8-15)12-21;1-6-20(4,5)19(21)23-18(12(2)3)22-17-15-8-13-7-14(10-15)11-16(17)9-13;1-6-20(4,5)19(21)23-18(12(2)3)22-17-11-13-10-16(17)15-9-7-8-14(13)15;1-6-18(4,5)17(20)21-19(12(2)3)15-8-13-7-14(10-15)11-16(19)9-13;1-6-14(4,5)13(16)17-15(12(2)3)10-8-7-9-11-15;1-6-13(4,5)12(15)16-14(11(2)3)9-7-8-10-14;;;;;;;;;;;;/h14-18H,6-13H2,1-5H3;2*12-18H,6-11H2,1-5H3;12-16H,6-11H2,1-5H3;12H,6-11H2,1-5H3;11H,6-10H2,1-5H3;12*1H4. The molecule has 0 radical (unpaired) electrons. The van der Waals surface area contributed by atoms with Gasteiger partial charge in [0.05, 0.1) is 51.3 Å². The maximum Gasteiger partial charge on any atom is 0.313 e. The van der Waals surface area contributed by atoms with Crippen LogP contribution < -0.4 is 0 Å². The smallest absolute Gasteiger partial charge is 0.313 e. The second-order valence-corrected chi connectivity index (χ2v) is 49.8. The fourth-order valence-electron chi connectivity index (χ4n) is 25.8. The summed E-state index contributed by atoms with van der Waals surface area (Å²) in [6, 6.07) is 0. The van der Waals surface area contributed by atoms with Crippen molar-refractivity contribution in [1.82, 2.24) is 0 Å². The van der Waals surface area contributed by atoms with Gasteiger partial charge in [0.25, 0.3) is 0 Å². The number of esters is 6. The molecule has 15 heteroatoms. The van der Waals surface area contributed by atoms with E-state index in [2.05, 4.69) is 90.0 Å². The molecule has 17 fully saturated rings. The fourth-order valence-corrected chi connectivity index (χ4v) is 25.8. The molecule has 17 aliphatic carbocycles. The van der Waals surface area contributed by atoms with Crippen LogP contribution in [0.1, 0.15) is 528 Å². The van der Waals surface area contributed by atoms with E-state index in [-0.39, 0.29) is 176 Å². The molecule has 0 saturated heterocycles. The van der Waals surface area contributed by atoms with E-state index in [9.17, 15) is 28.8 Å². The van der Waals surface area contributed by atoms with E-state index in [0.717, 1.165) is 130 Å². The van der Waals surface area contributed by atoms with Crippen LogP contribution in [0.25, 0.3) is 0 Å². The topological polar surface area (TPSA) is 185 Å². The molecule has 0 aromatic rings. The van der Waals surface area contributed by atoms with Crippen LogP contribution in [-0.4, -0.2) is 90.3 Å². The first-order valence-electron chi connectivity index (χ1n) is 52.1. The summed E-state index contributed by atoms with van der Waals surface area (Å²) in [5.74, 6) is 14.0. The molecule has 0 N–H and O–H groups in total. The molecule has 0 aromatic heterocycles. The molecule has 0 aromatic carbocycles. The molecule has 17 saturated carbocycles. The molecule has 136 heavy (non-hydrogen) atoms. The van der Waals surface area contributed by atoms with Gasteiger partial charge in [-0.05, 0) is 413 Å². The van der Waals surface area contributed by atoms with Gasteiger partial charge in [-0.2, -0.15) is 0 Å². The number of hydrogen-bond acceptors (Lipinski definition) is 15. The van der Waals surface area contributed by atoms with E-state index in [1.165, 1.54) is 167 Å². The Morgan fingerprint density at radius 1 is 0.294 bits per heavy atom. The number of carbonyl (C=O) groups excluding carboxylic acids is 6. The van der Waals surface area contributed by atoms with E-state index >= 15 is 0 Å². The summed E-state index contributed by atoms with van der Waals surface area (Å²) < 4.78 is 54.7. The van der Waals surface area contributed by atoms with Crippen LogP contribution in [0.3, 0.4) is 0 Å². The lowest BCUT2D eigenvalue weighted by molar-refractivity contribution is -0.241. The average molecular weight is 1930 g/mol. The third-order valence-corrected chi connectivity index (χ3v) is 36.2. The normalized spacial score (nSPS) is 30.3. The second-order valence-electron chi connectivity index (χ2n) is 49.8. The molecule has 0 spiro atoms. The van der Waals surface area contributed by atoms with Crippen molar-refractivity contribution in [2.75, 3.05) is 6.61 Å². The largest absolute Gasteiger partial charge is 0.458 e. The third kappa shape index (κ3) is 33.1. The molecule has 14 bridgehead atoms. The molecule has 0 amide bonds. The van der Waals surface area contributed by atoms with Gasteiger partial charge in [0, 0.05) is 17.8 Å². The van der Waals surface area contributed by atoms with E-state index in [1.54, 1.807) is 0 Å². The number of hydrogen-bond donors (Lipinski definition) is 0. The summed E-state index contributed by atoms with van der Waals surface area (Å²) in [5, 5.41) is 0. The van der Waals surface area contributed by atoms with Crippen molar-refractivity contribution < 1.29 is 71.4 Å². The molecule has 8 unspecified atom stereocenters. The van der Waals surface area contributed by atoms with Gasteiger partial charge in [0.1, 0.15) is 16.8 Å². The number of rotatable bonds is 31. The second kappa shape index (κ2) is 57.0. The summed E-state index contributed by atoms with van der Waals surface area (Å²) in [5.41, 5.74) is -2.50. The van der Waals surface area contributed by atoms with E-state index in [4.69, 9.17) is 42.6 Å². The van der Waals surface area contributed by atoms with Crippen LogP contribution in [0.2, 0.25) is 0 Å². The lowest BCUT2D eigenvalue weighted by atomic mass is 9.47. The predicted octanol–water partition coefficient (Wildman–Crippen LogP) is 35.5. The minimum Gasteiger partial charge on any atom is -0.458 e. The van der Waals surface area contributed by atoms with Crippen LogP contribution in [0.5, 0.6) is 0 Å². The molecule has 812 valence electrons. The van der Waals surface area contributed by atoms with Crippen molar-refractivity contribution in [2.24, 2.45) is 162 Å². The molecule has 0 heterocycles. The van der Waals surface area contributed by atoms with Gasteiger partial charge in [0.2, 0.25) is 18.9 Å². The van der Waals surface area contributed by atoms with E-state index in [0.29, 0.717) is 65.0 Å². The maximum atomic E-state index is 12.8. The van der Waals surface area contributed by atoms with Gasteiger partial charge in [-0.3, -0.25) is 28.8 Å². The Bertz CT molecular complexity index is 3310. The highest BCUT2D eigenvalue weighted by Gasteiger charge is 2.63. The Morgan fingerprint density at radius 3 is 0.912 bits per heavy atom. The van der Waals surface area contributed by atoms with Gasteiger partial charge < -0.3 is 42.6 Å². The fraction of sp³-hybridized carbons (Fsp3) is 0.950. The van der Waals surface area contributed by atoms with Gasteiger partial charge >= 0.3 is 35.8 Å². The van der Waals surface area contributed by atoms with Crippen LogP contribution >= 0.6 is 0 Å². The first-order valence-corrected chi connectivity index (χ1v) is 52.1. The zero-order valence-electron chi connectivity index (χ0n) is 85.3. The Hall–Kier alpha value is -3.30.